The van der Waals surface area contributed by atoms with E-state index in [1.54, 1.807) is 6.21 Å². The van der Waals surface area contributed by atoms with Gasteiger partial charge in [0, 0.05) is 5.56 Å². The molecule has 0 aliphatic rings. The first-order valence-corrected chi connectivity index (χ1v) is 7.99. The van der Waals surface area contributed by atoms with Crippen LogP contribution < -0.4 is 5.43 Å². The summed E-state index contributed by atoms with van der Waals surface area (Å²) in [4.78, 5) is 12.1. The Morgan fingerprint density at radius 1 is 1.04 bits per heavy atom. The molecule has 24 heavy (non-hydrogen) atoms. The zero-order valence-corrected chi connectivity index (χ0v) is 13.9. The van der Waals surface area contributed by atoms with E-state index in [0.29, 0.717) is 6.42 Å². The van der Waals surface area contributed by atoms with Gasteiger partial charge in [0.15, 0.2) is 0 Å². The normalized spacial score (nSPS) is 11.1. The lowest BCUT2D eigenvalue weighted by atomic mass is 10.0. The minimum absolute atomic E-state index is 0.113. The van der Waals surface area contributed by atoms with Gasteiger partial charge in [0.1, 0.15) is 0 Å². The zero-order chi connectivity index (χ0) is 16.9. The molecule has 0 saturated heterocycles. The maximum Gasteiger partial charge on any atom is 0.244 e. The van der Waals surface area contributed by atoms with Gasteiger partial charge in [-0.2, -0.15) is 5.10 Å². The Labute approximate surface area is 142 Å². The van der Waals surface area contributed by atoms with Crippen LogP contribution in [-0.4, -0.2) is 12.1 Å². The Kier molecular flexibility index (Phi) is 4.71. The lowest BCUT2D eigenvalue weighted by Gasteiger charge is -2.06. The van der Waals surface area contributed by atoms with E-state index in [1.165, 1.54) is 5.56 Å². The number of nitrogens with one attached hydrogen (secondary N) is 1. The van der Waals surface area contributed by atoms with Gasteiger partial charge in [0.05, 0.1) is 12.6 Å². The summed E-state index contributed by atoms with van der Waals surface area (Å²) in [5.41, 5.74) is 6.96. The number of carbonyl (C=O) groups excluding carboxylic acids is 1. The smallest absolute Gasteiger partial charge is 0.244 e. The summed E-state index contributed by atoms with van der Waals surface area (Å²) in [6.07, 6.45) is 2.03. The van der Waals surface area contributed by atoms with E-state index < -0.39 is 0 Å². The Morgan fingerprint density at radius 3 is 2.67 bits per heavy atom. The summed E-state index contributed by atoms with van der Waals surface area (Å²) in [6, 6.07) is 20.3. The minimum atomic E-state index is -0.113. The minimum Gasteiger partial charge on any atom is -0.273 e. The van der Waals surface area contributed by atoms with Gasteiger partial charge < -0.3 is 0 Å². The molecule has 0 saturated carbocycles. The fourth-order valence-electron chi connectivity index (χ4n) is 2.79. The third-order valence-corrected chi connectivity index (χ3v) is 4.07. The van der Waals surface area contributed by atoms with Crippen LogP contribution in [0, 0.1) is 13.8 Å². The van der Waals surface area contributed by atoms with E-state index in [0.717, 1.165) is 27.5 Å². The van der Waals surface area contributed by atoms with Crippen LogP contribution in [0.1, 0.15) is 22.3 Å². The van der Waals surface area contributed by atoms with Gasteiger partial charge in [-0.3, -0.25) is 4.79 Å². The summed E-state index contributed by atoms with van der Waals surface area (Å²) < 4.78 is 0. The predicted octanol–water partition coefficient (Wildman–Crippen LogP) is 4.15. The van der Waals surface area contributed by atoms with Crippen LogP contribution in [0.4, 0.5) is 0 Å². The Morgan fingerprint density at radius 2 is 1.83 bits per heavy atom. The number of fused-ring (bicyclic) bond motifs is 1. The van der Waals surface area contributed by atoms with Crippen molar-refractivity contribution < 1.29 is 4.79 Å². The van der Waals surface area contributed by atoms with E-state index in [1.807, 2.05) is 56.3 Å². The number of hydrogen-bond donors (Lipinski definition) is 1. The van der Waals surface area contributed by atoms with E-state index in [4.69, 9.17) is 0 Å². The van der Waals surface area contributed by atoms with Crippen LogP contribution >= 0.6 is 0 Å². The molecule has 1 amide bonds. The topological polar surface area (TPSA) is 41.5 Å². The average molecular weight is 316 g/mol. The Balaban J connectivity index is 1.68. The lowest BCUT2D eigenvalue weighted by Crippen LogP contribution is -2.20. The first-order chi connectivity index (χ1) is 11.6. The molecule has 0 radical (unpaired) electrons. The molecule has 3 heteroatoms. The maximum absolute atomic E-state index is 12.1. The molecule has 0 aromatic heterocycles. The standard InChI is InChI=1S/C21H20N2O/c1-15-10-11-18(16(2)12-15)13-21(24)23-22-14-19-8-5-7-17-6-3-4-9-20(17)19/h3-12,14H,13H2,1-2H3,(H,23,24)/b22-14+. The van der Waals surface area contributed by atoms with Gasteiger partial charge in [-0.1, -0.05) is 66.2 Å². The van der Waals surface area contributed by atoms with Crippen molar-refractivity contribution in [3.8, 4) is 0 Å². The molecule has 3 nitrogen and oxygen atoms in total. The zero-order valence-electron chi connectivity index (χ0n) is 13.9. The van der Waals surface area contributed by atoms with Crippen LogP contribution in [-0.2, 0) is 11.2 Å². The Bertz CT molecular complexity index is 907. The van der Waals surface area contributed by atoms with Gasteiger partial charge in [-0.25, -0.2) is 5.43 Å². The number of aryl methyl sites for hydroxylation is 2. The highest BCUT2D eigenvalue weighted by atomic mass is 16.2. The second-order valence-electron chi connectivity index (χ2n) is 5.97. The molecule has 0 unspecified atom stereocenters. The molecule has 120 valence electrons. The number of hydrazone groups is 1. The molecule has 0 bridgehead atoms. The summed E-state index contributed by atoms with van der Waals surface area (Å²) in [6.45, 7) is 4.07. The van der Waals surface area contributed by atoms with E-state index in [-0.39, 0.29) is 5.91 Å². The van der Waals surface area contributed by atoms with E-state index in [9.17, 15) is 4.79 Å². The highest BCUT2D eigenvalue weighted by Gasteiger charge is 2.05. The van der Waals surface area contributed by atoms with Crippen molar-refractivity contribution >= 4 is 22.9 Å². The van der Waals surface area contributed by atoms with Crippen molar-refractivity contribution in [3.05, 3.63) is 82.9 Å². The third kappa shape index (κ3) is 3.69. The lowest BCUT2D eigenvalue weighted by molar-refractivity contribution is -0.120. The second kappa shape index (κ2) is 7.09. The highest BCUT2D eigenvalue weighted by molar-refractivity contribution is 5.99. The van der Waals surface area contributed by atoms with Gasteiger partial charge in [0.25, 0.3) is 0 Å². The molecule has 0 spiro atoms. The van der Waals surface area contributed by atoms with Gasteiger partial charge in [0.2, 0.25) is 5.91 Å². The fraction of sp³-hybridized carbons (Fsp3) is 0.143. The van der Waals surface area contributed by atoms with E-state index >= 15 is 0 Å². The summed E-state index contributed by atoms with van der Waals surface area (Å²) >= 11 is 0. The fourth-order valence-corrected chi connectivity index (χ4v) is 2.79. The summed E-state index contributed by atoms with van der Waals surface area (Å²) in [5, 5.41) is 6.38. The van der Waals surface area contributed by atoms with Gasteiger partial charge in [-0.05, 0) is 35.7 Å². The molecule has 0 atom stereocenters. The predicted molar refractivity (Wildman–Crippen MR) is 99.3 cm³/mol. The number of benzene rings is 3. The second-order valence-corrected chi connectivity index (χ2v) is 5.97. The van der Waals surface area contributed by atoms with Crippen LogP contribution in [0.15, 0.2) is 65.8 Å². The van der Waals surface area contributed by atoms with E-state index in [2.05, 4.69) is 28.7 Å². The Hall–Kier alpha value is -2.94. The number of amides is 1. The SMILES string of the molecule is Cc1ccc(CC(=O)N/N=C/c2cccc3ccccc23)c(C)c1. The molecule has 1 N–H and O–H groups in total. The number of hydrogen-bond acceptors (Lipinski definition) is 2. The third-order valence-electron chi connectivity index (χ3n) is 4.07. The molecule has 0 fully saturated rings. The maximum atomic E-state index is 12.1. The van der Waals surface area contributed by atoms with Crippen LogP contribution in [0.5, 0.6) is 0 Å². The average Bonchev–Trinajstić information content (AvgIpc) is 2.58. The first kappa shape index (κ1) is 15.9. The van der Waals surface area contributed by atoms with Crippen LogP contribution in [0.3, 0.4) is 0 Å². The summed E-state index contributed by atoms with van der Waals surface area (Å²) in [7, 11) is 0. The molecular weight excluding hydrogens is 296 g/mol. The van der Waals surface area contributed by atoms with Crippen LogP contribution in [0.25, 0.3) is 10.8 Å². The van der Waals surface area contributed by atoms with Gasteiger partial charge in [-0.15, -0.1) is 0 Å². The molecule has 0 aliphatic heterocycles. The summed E-state index contributed by atoms with van der Waals surface area (Å²) in [5.74, 6) is -0.113. The molecule has 0 aliphatic carbocycles. The first-order valence-electron chi connectivity index (χ1n) is 7.99. The van der Waals surface area contributed by atoms with Crippen molar-refractivity contribution in [2.75, 3.05) is 0 Å². The molecule has 0 heterocycles. The molecule has 3 aromatic rings. The molecular formula is C21H20N2O. The molecule has 3 rings (SSSR count). The number of carbonyl (C=O) groups is 1. The monoisotopic (exact) mass is 316 g/mol. The number of nitrogens with zero attached hydrogens (tertiary/aromatic N) is 1. The highest BCUT2D eigenvalue weighted by Crippen LogP contribution is 2.16. The quantitative estimate of drug-likeness (QED) is 0.570. The van der Waals surface area contributed by atoms with Gasteiger partial charge >= 0.3 is 0 Å². The van der Waals surface area contributed by atoms with Crippen molar-refractivity contribution in [2.24, 2.45) is 5.10 Å². The molecule has 3 aromatic carbocycles. The van der Waals surface area contributed by atoms with Crippen molar-refractivity contribution in [3.63, 3.8) is 0 Å². The van der Waals surface area contributed by atoms with Crippen molar-refractivity contribution in [2.45, 2.75) is 20.3 Å². The number of rotatable bonds is 4. The van der Waals surface area contributed by atoms with Crippen LogP contribution in [0.2, 0.25) is 0 Å². The van der Waals surface area contributed by atoms with Crippen molar-refractivity contribution in [1.29, 1.82) is 0 Å². The van der Waals surface area contributed by atoms with Crippen molar-refractivity contribution in [1.82, 2.24) is 5.43 Å². The largest absolute Gasteiger partial charge is 0.273 e.